The number of hydrogen-bond donors (Lipinski definition) is 2. The third-order valence-electron chi connectivity index (χ3n) is 4.48. The van der Waals surface area contributed by atoms with Crippen LogP contribution >= 0.6 is 15.9 Å². The van der Waals surface area contributed by atoms with Crippen molar-refractivity contribution >= 4 is 37.7 Å². The summed E-state index contributed by atoms with van der Waals surface area (Å²) >= 11 is 3.33. The molecule has 0 saturated carbocycles. The van der Waals surface area contributed by atoms with E-state index in [1.54, 1.807) is 30.3 Å². The van der Waals surface area contributed by atoms with E-state index in [-0.39, 0.29) is 23.2 Å². The van der Waals surface area contributed by atoms with Crippen molar-refractivity contribution in [3.05, 3.63) is 63.9 Å². The molecule has 2 aromatic carbocycles. The van der Waals surface area contributed by atoms with Gasteiger partial charge in [-0.1, -0.05) is 34.5 Å². The van der Waals surface area contributed by atoms with Crippen LogP contribution in [-0.4, -0.2) is 26.7 Å². The number of sulfonamides is 1. The van der Waals surface area contributed by atoms with E-state index in [2.05, 4.69) is 31.0 Å². The highest BCUT2D eigenvalue weighted by Gasteiger charge is 2.29. The van der Waals surface area contributed by atoms with Gasteiger partial charge in [0.2, 0.25) is 5.91 Å². The van der Waals surface area contributed by atoms with Gasteiger partial charge in [0.05, 0.1) is 4.90 Å². The summed E-state index contributed by atoms with van der Waals surface area (Å²) in [4.78, 5) is 16.5. The van der Waals surface area contributed by atoms with Crippen LogP contribution in [0.3, 0.4) is 0 Å². The molecule has 0 aromatic heterocycles. The third kappa shape index (κ3) is 5.63. The molecule has 2 N–H and O–H groups in total. The zero-order valence-corrected chi connectivity index (χ0v) is 18.0. The Hall–Kier alpha value is -2.26. The van der Waals surface area contributed by atoms with Crippen molar-refractivity contribution in [3.8, 4) is 0 Å². The monoisotopic (exact) mass is 481 g/mol. The fourth-order valence-corrected chi connectivity index (χ4v) is 4.62. The van der Waals surface area contributed by atoms with Crippen LogP contribution in [0.2, 0.25) is 0 Å². The lowest BCUT2D eigenvalue weighted by Gasteiger charge is -2.07. The average molecular weight is 482 g/mol. The van der Waals surface area contributed by atoms with Crippen molar-refractivity contribution in [1.82, 2.24) is 10.0 Å². The number of aliphatic imine (C=N–C) groups is 1. The minimum atomic E-state index is -3.51. The van der Waals surface area contributed by atoms with Gasteiger partial charge in [0.15, 0.2) is 0 Å². The lowest BCUT2D eigenvalue weighted by Crippen LogP contribution is -2.23. The molecule has 0 saturated heterocycles. The van der Waals surface area contributed by atoms with Crippen LogP contribution in [0, 0.1) is 5.82 Å². The highest BCUT2D eigenvalue weighted by atomic mass is 79.9. The standard InChI is InChI=1S/C20H21BrFN3O3S/c21-17-10-9-15(22)12-14(17)13-24-19(26)8-2-1-5-11-23-20-16-6-3-4-7-18(16)29(27,28)25-20/h3-4,6-7,9-10,12H,1-2,5,8,11,13H2,(H,23,25)(H,24,26). The van der Waals surface area contributed by atoms with Crippen molar-refractivity contribution in [2.45, 2.75) is 37.1 Å². The van der Waals surface area contributed by atoms with E-state index in [0.29, 0.717) is 36.3 Å². The fourth-order valence-electron chi connectivity index (χ4n) is 2.98. The molecule has 3 rings (SSSR count). The molecule has 1 aliphatic heterocycles. The van der Waals surface area contributed by atoms with Gasteiger partial charge >= 0.3 is 0 Å². The Kier molecular flexibility index (Phi) is 7.02. The molecule has 0 radical (unpaired) electrons. The van der Waals surface area contributed by atoms with Crippen molar-refractivity contribution < 1.29 is 17.6 Å². The number of nitrogens with one attached hydrogen (secondary N) is 2. The molecule has 0 unspecified atom stereocenters. The van der Waals surface area contributed by atoms with E-state index in [4.69, 9.17) is 0 Å². The van der Waals surface area contributed by atoms with E-state index in [0.717, 1.165) is 17.3 Å². The minimum Gasteiger partial charge on any atom is -0.352 e. The Bertz CT molecular complexity index is 1040. The third-order valence-corrected chi connectivity index (χ3v) is 6.65. The maximum atomic E-state index is 13.2. The summed E-state index contributed by atoms with van der Waals surface area (Å²) in [7, 11) is -3.51. The maximum absolute atomic E-state index is 13.2. The number of carbonyl (C=O) groups is 1. The second-order valence-electron chi connectivity index (χ2n) is 6.66. The van der Waals surface area contributed by atoms with Crippen LogP contribution < -0.4 is 10.0 Å². The largest absolute Gasteiger partial charge is 0.352 e. The van der Waals surface area contributed by atoms with Gasteiger partial charge in [-0.3, -0.25) is 14.5 Å². The van der Waals surface area contributed by atoms with Gasteiger partial charge in [-0.05, 0) is 48.7 Å². The van der Waals surface area contributed by atoms with Crippen molar-refractivity contribution in [2.24, 2.45) is 4.99 Å². The Morgan fingerprint density at radius 3 is 2.76 bits per heavy atom. The molecule has 1 aliphatic rings. The van der Waals surface area contributed by atoms with E-state index >= 15 is 0 Å². The zero-order valence-electron chi connectivity index (χ0n) is 15.6. The highest BCUT2D eigenvalue weighted by molar-refractivity contribution is 9.10. The highest BCUT2D eigenvalue weighted by Crippen LogP contribution is 2.22. The molecule has 29 heavy (non-hydrogen) atoms. The summed E-state index contributed by atoms with van der Waals surface area (Å²) in [6, 6.07) is 11.1. The van der Waals surface area contributed by atoms with Gasteiger partial charge in [-0.25, -0.2) is 12.8 Å². The second kappa shape index (κ2) is 9.49. The molecule has 0 aliphatic carbocycles. The van der Waals surface area contributed by atoms with E-state index in [9.17, 15) is 17.6 Å². The Morgan fingerprint density at radius 2 is 1.93 bits per heavy atom. The Morgan fingerprint density at radius 1 is 1.14 bits per heavy atom. The number of rotatable bonds is 8. The van der Waals surface area contributed by atoms with Crippen LogP contribution in [0.15, 0.2) is 56.8 Å². The quantitative estimate of drug-likeness (QED) is 0.565. The smallest absolute Gasteiger partial charge is 0.263 e. The molecule has 0 spiro atoms. The van der Waals surface area contributed by atoms with Crippen LogP contribution in [0.1, 0.15) is 36.8 Å². The van der Waals surface area contributed by atoms with E-state index in [1.807, 2.05) is 0 Å². The molecule has 154 valence electrons. The fraction of sp³-hybridized carbons (Fsp3) is 0.300. The number of amides is 1. The first kappa shape index (κ1) is 21.4. The van der Waals surface area contributed by atoms with Crippen LogP contribution in [0.5, 0.6) is 0 Å². The Balaban J connectivity index is 1.38. The van der Waals surface area contributed by atoms with Gasteiger partial charge in [-0.2, -0.15) is 0 Å². The first-order chi connectivity index (χ1) is 13.9. The molecule has 0 atom stereocenters. The molecule has 2 aromatic rings. The number of hydrogen-bond acceptors (Lipinski definition) is 4. The van der Waals surface area contributed by atoms with Gasteiger partial charge in [0, 0.05) is 29.5 Å². The molecule has 0 bridgehead atoms. The van der Waals surface area contributed by atoms with Crippen molar-refractivity contribution in [2.75, 3.05) is 6.54 Å². The lowest BCUT2D eigenvalue weighted by molar-refractivity contribution is -0.121. The number of carbonyl (C=O) groups excluding carboxylic acids is 1. The maximum Gasteiger partial charge on any atom is 0.263 e. The SMILES string of the molecule is O=C(CCCCCN=C1NS(=O)(=O)c2ccccc21)NCc1cc(F)ccc1Br. The van der Waals surface area contributed by atoms with Crippen LogP contribution in [0.4, 0.5) is 4.39 Å². The molecule has 9 heteroatoms. The van der Waals surface area contributed by atoms with Crippen LogP contribution in [-0.2, 0) is 21.4 Å². The second-order valence-corrected chi connectivity index (χ2v) is 9.16. The molecular weight excluding hydrogens is 461 g/mol. The average Bonchev–Trinajstić information content (AvgIpc) is 2.96. The van der Waals surface area contributed by atoms with Crippen molar-refractivity contribution in [1.29, 1.82) is 0 Å². The molecule has 0 fully saturated rings. The summed E-state index contributed by atoms with van der Waals surface area (Å²) in [5, 5.41) is 2.78. The first-order valence-corrected chi connectivity index (χ1v) is 11.5. The van der Waals surface area contributed by atoms with Crippen molar-refractivity contribution in [3.63, 3.8) is 0 Å². The first-order valence-electron chi connectivity index (χ1n) is 9.24. The minimum absolute atomic E-state index is 0.0926. The summed E-state index contributed by atoms with van der Waals surface area (Å²) in [6.07, 6.45) is 2.61. The van der Waals surface area contributed by atoms with E-state index in [1.165, 1.54) is 12.1 Å². The summed E-state index contributed by atoms with van der Waals surface area (Å²) in [6.45, 7) is 0.744. The summed E-state index contributed by atoms with van der Waals surface area (Å²) in [5.41, 5.74) is 1.28. The predicted octanol–water partition coefficient (Wildman–Crippen LogP) is 3.50. The number of fused-ring (bicyclic) bond motifs is 1. The topological polar surface area (TPSA) is 87.6 Å². The number of benzene rings is 2. The van der Waals surface area contributed by atoms with Gasteiger partial charge in [0.1, 0.15) is 11.7 Å². The lowest BCUT2D eigenvalue weighted by atomic mass is 10.1. The number of unbranched alkanes of at least 4 members (excludes halogenated alkanes) is 2. The molecular formula is C20H21BrFN3O3S. The molecule has 6 nitrogen and oxygen atoms in total. The van der Waals surface area contributed by atoms with Gasteiger partial charge in [0.25, 0.3) is 10.0 Å². The van der Waals surface area contributed by atoms with Crippen LogP contribution in [0.25, 0.3) is 0 Å². The number of nitrogens with zero attached hydrogens (tertiary/aromatic N) is 1. The van der Waals surface area contributed by atoms with Gasteiger partial charge < -0.3 is 5.32 Å². The zero-order chi connectivity index (χ0) is 20.9. The van der Waals surface area contributed by atoms with E-state index < -0.39 is 10.0 Å². The van der Waals surface area contributed by atoms with Gasteiger partial charge in [-0.15, -0.1) is 0 Å². The molecule has 1 amide bonds. The normalized spacial score (nSPS) is 15.7. The summed E-state index contributed by atoms with van der Waals surface area (Å²) in [5.74, 6) is -0.0600. The predicted molar refractivity (Wildman–Crippen MR) is 113 cm³/mol. The number of halogens is 2. The molecule has 1 heterocycles. The Labute approximate surface area is 177 Å². The summed E-state index contributed by atoms with van der Waals surface area (Å²) < 4.78 is 40.5. The number of amidine groups is 1.